The van der Waals surface area contributed by atoms with E-state index >= 15 is 0 Å². The largest absolute Gasteiger partial charge is 0.391 e. The quantitative estimate of drug-likeness (QED) is 0.718. The van der Waals surface area contributed by atoms with Gasteiger partial charge >= 0.3 is 0 Å². The van der Waals surface area contributed by atoms with Crippen LogP contribution in [0.15, 0.2) is 18.2 Å². The number of nitrogens with two attached hydrogens (primary N) is 1. The fraction of sp³-hybridized carbons (Fsp3) is 0.471. The van der Waals surface area contributed by atoms with Gasteiger partial charge in [-0.2, -0.15) is 0 Å². The molecule has 0 aromatic heterocycles. The number of aliphatic hydroxyl groups is 1. The first-order valence-corrected chi connectivity index (χ1v) is 7.40. The van der Waals surface area contributed by atoms with Crippen molar-refractivity contribution in [3.8, 4) is 11.8 Å². The molecule has 4 N–H and O–H groups in total. The van der Waals surface area contributed by atoms with Gasteiger partial charge in [-0.15, -0.1) is 0 Å². The zero-order chi connectivity index (χ0) is 15.2. The first-order chi connectivity index (χ1) is 10.1. The molecule has 112 valence electrons. The van der Waals surface area contributed by atoms with Crippen molar-refractivity contribution in [1.82, 2.24) is 5.32 Å². The van der Waals surface area contributed by atoms with Crippen LogP contribution < -0.4 is 11.1 Å². The molecule has 1 fully saturated rings. The van der Waals surface area contributed by atoms with Crippen molar-refractivity contribution in [3.05, 3.63) is 34.9 Å². The van der Waals surface area contributed by atoms with E-state index in [2.05, 4.69) is 17.2 Å². The second-order valence-electron chi connectivity index (χ2n) is 5.47. The Hall–Kier alpha value is -1.83. The average molecular weight is 286 g/mol. The smallest absolute Gasteiger partial charge is 0.251 e. The van der Waals surface area contributed by atoms with E-state index in [0.29, 0.717) is 12.1 Å². The number of aryl methyl sites for hydroxylation is 1. The third-order valence-corrected chi connectivity index (χ3v) is 3.86. The van der Waals surface area contributed by atoms with E-state index in [-0.39, 0.29) is 11.9 Å². The predicted octanol–water partition coefficient (Wildman–Crippen LogP) is 1.34. The minimum atomic E-state index is -0.441. The first kappa shape index (κ1) is 15.6. The third-order valence-electron chi connectivity index (χ3n) is 3.86. The maximum atomic E-state index is 12.4. The van der Waals surface area contributed by atoms with E-state index in [4.69, 9.17) is 5.73 Å². The predicted molar refractivity (Wildman–Crippen MR) is 82.8 cm³/mol. The number of rotatable bonds is 2. The maximum absolute atomic E-state index is 12.4. The van der Waals surface area contributed by atoms with Gasteiger partial charge in [-0.1, -0.05) is 30.7 Å². The van der Waals surface area contributed by atoms with Gasteiger partial charge in [0.15, 0.2) is 0 Å². The van der Waals surface area contributed by atoms with Crippen molar-refractivity contribution in [2.75, 3.05) is 6.54 Å². The Kier molecular flexibility index (Phi) is 5.38. The molecule has 1 aliphatic carbocycles. The van der Waals surface area contributed by atoms with Crippen LogP contribution in [0.25, 0.3) is 0 Å². The zero-order valence-electron chi connectivity index (χ0n) is 12.4. The molecule has 2 atom stereocenters. The Morgan fingerprint density at radius 2 is 2.19 bits per heavy atom. The molecule has 0 bridgehead atoms. The lowest BCUT2D eigenvalue weighted by Crippen LogP contribution is -2.45. The number of hydrogen-bond donors (Lipinski definition) is 3. The fourth-order valence-electron chi connectivity index (χ4n) is 2.62. The summed E-state index contributed by atoms with van der Waals surface area (Å²) in [5.74, 6) is 5.58. The van der Waals surface area contributed by atoms with Crippen molar-refractivity contribution in [2.45, 2.75) is 44.8 Å². The van der Waals surface area contributed by atoms with Crippen LogP contribution in [0.1, 0.15) is 47.2 Å². The summed E-state index contributed by atoms with van der Waals surface area (Å²) in [4.78, 5) is 12.4. The molecule has 0 spiro atoms. The molecule has 0 aliphatic heterocycles. The molecule has 1 aromatic rings. The van der Waals surface area contributed by atoms with Crippen molar-refractivity contribution in [2.24, 2.45) is 5.73 Å². The van der Waals surface area contributed by atoms with Gasteiger partial charge in [-0.3, -0.25) is 4.79 Å². The van der Waals surface area contributed by atoms with Crippen molar-refractivity contribution in [1.29, 1.82) is 0 Å². The highest BCUT2D eigenvalue weighted by Crippen LogP contribution is 2.19. The van der Waals surface area contributed by atoms with Gasteiger partial charge in [0, 0.05) is 11.1 Å². The lowest BCUT2D eigenvalue weighted by atomic mass is 9.92. The molecule has 4 nitrogen and oxygen atoms in total. The highest BCUT2D eigenvalue weighted by Gasteiger charge is 2.25. The molecule has 21 heavy (non-hydrogen) atoms. The summed E-state index contributed by atoms with van der Waals surface area (Å²) in [7, 11) is 0. The lowest BCUT2D eigenvalue weighted by Gasteiger charge is -2.28. The Balaban J connectivity index is 2.14. The first-order valence-electron chi connectivity index (χ1n) is 7.40. The molecule has 4 heteroatoms. The van der Waals surface area contributed by atoms with Crippen LogP contribution in [-0.4, -0.2) is 29.7 Å². The minimum Gasteiger partial charge on any atom is -0.391 e. The van der Waals surface area contributed by atoms with E-state index in [1.807, 2.05) is 19.1 Å². The van der Waals surface area contributed by atoms with Crippen molar-refractivity contribution in [3.63, 3.8) is 0 Å². The fourth-order valence-corrected chi connectivity index (χ4v) is 2.62. The van der Waals surface area contributed by atoms with Crippen LogP contribution in [0.2, 0.25) is 0 Å². The Labute approximate surface area is 125 Å². The second kappa shape index (κ2) is 7.26. The molecular formula is C17H22N2O2. The van der Waals surface area contributed by atoms with E-state index in [1.54, 1.807) is 6.07 Å². The standard InChI is InChI=1S/C17H22N2O2/c1-12-8-9-13(5-4-10-18)11-14(12)17(21)19-15-6-2-3-7-16(15)20/h8-9,11,15-16,20H,2-3,6-7,10,18H2,1H3,(H,19,21). The Bertz CT molecular complexity index is 572. The highest BCUT2D eigenvalue weighted by atomic mass is 16.3. The number of amides is 1. The van der Waals surface area contributed by atoms with Gasteiger partial charge in [0.05, 0.1) is 18.7 Å². The summed E-state index contributed by atoms with van der Waals surface area (Å²) in [6.45, 7) is 2.19. The van der Waals surface area contributed by atoms with Crippen LogP contribution in [0.4, 0.5) is 0 Å². The van der Waals surface area contributed by atoms with Crippen molar-refractivity contribution >= 4 is 5.91 Å². The minimum absolute atomic E-state index is 0.144. The van der Waals surface area contributed by atoms with Gasteiger partial charge in [0.25, 0.3) is 5.91 Å². The topological polar surface area (TPSA) is 75.4 Å². The molecule has 1 amide bonds. The van der Waals surface area contributed by atoms with Gasteiger partial charge in [-0.25, -0.2) is 0 Å². The van der Waals surface area contributed by atoms with E-state index < -0.39 is 6.10 Å². The van der Waals surface area contributed by atoms with Crippen LogP contribution in [0.3, 0.4) is 0 Å². The summed E-state index contributed by atoms with van der Waals surface area (Å²) in [5.41, 5.74) is 7.65. The van der Waals surface area contributed by atoms with Crippen LogP contribution in [-0.2, 0) is 0 Å². The summed E-state index contributed by atoms with van der Waals surface area (Å²) in [6.07, 6.45) is 3.22. The summed E-state index contributed by atoms with van der Waals surface area (Å²) >= 11 is 0. The van der Waals surface area contributed by atoms with E-state index in [9.17, 15) is 9.90 Å². The van der Waals surface area contributed by atoms with Gasteiger partial charge in [0.1, 0.15) is 0 Å². The SMILES string of the molecule is Cc1ccc(C#CCN)cc1C(=O)NC1CCCCC1O. The summed E-state index contributed by atoms with van der Waals surface area (Å²) < 4.78 is 0. The normalized spacial score (nSPS) is 21.3. The summed E-state index contributed by atoms with van der Waals surface area (Å²) in [5, 5.41) is 12.9. The molecule has 0 heterocycles. The van der Waals surface area contributed by atoms with Gasteiger partial charge in [0.2, 0.25) is 0 Å². The van der Waals surface area contributed by atoms with E-state index in [1.165, 1.54) is 0 Å². The number of carbonyl (C=O) groups is 1. The average Bonchev–Trinajstić information content (AvgIpc) is 2.48. The van der Waals surface area contributed by atoms with Crippen LogP contribution in [0.5, 0.6) is 0 Å². The molecule has 0 saturated heterocycles. The van der Waals surface area contributed by atoms with E-state index in [0.717, 1.165) is 36.8 Å². The zero-order valence-corrected chi connectivity index (χ0v) is 12.4. The molecule has 0 radical (unpaired) electrons. The maximum Gasteiger partial charge on any atom is 0.251 e. The second-order valence-corrected chi connectivity index (χ2v) is 5.47. The number of hydrogen-bond acceptors (Lipinski definition) is 3. The van der Waals surface area contributed by atoms with Crippen molar-refractivity contribution < 1.29 is 9.90 Å². The Morgan fingerprint density at radius 3 is 2.90 bits per heavy atom. The molecular weight excluding hydrogens is 264 g/mol. The summed E-state index contributed by atoms with van der Waals surface area (Å²) in [6, 6.07) is 5.39. The highest BCUT2D eigenvalue weighted by molar-refractivity contribution is 5.96. The molecule has 1 aliphatic rings. The number of nitrogens with one attached hydrogen (secondary N) is 1. The number of carbonyl (C=O) groups excluding carboxylic acids is 1. The number of aliphatic hydroxyl groups excluding tert-OH is 1. The molecule has 1 aromatic carbocycles. The molecule has 1 saturated carbocycles. The molecule has 2 rings (SSSR count). The monoisotopic (exact) mass is 286 g/mol. The third kappa shape index (κ3) is 4.07. The van der Waals surface area contributed by atoms with Gasteiger partial charge < -0.3 is 16.2 Å². The van der Waals surface area contributed by atoms with Crippen LogP contribution in [0, 0.1) is 18.8 Å². The number of benzene rings is 1. The van der Waals surface area contributed by atoms with Gasteiger partial charge in [-0.05, 0) is 37.5 Å². The molecule has 2 unspecified atom stereocenters. The van der Waals surface area contributed by atoms with Crippen LogP contribution >= 0.6 is 0 Å². The Morgan fingerprint density at radius 1 is 1.43 bits per heavy atom. The lowest BCUT2D eigenvalue weighted by molar-refractivity contribution is 0.0717.